The lowest BCUT2D eigenvalue weighted by Gasteiger charge is -2.43. The van der Waals surface area contributed by atoms with E-state index >= 15 is 0 Å². The summed E-state index contributed by atoms with van der Waals surface area (Å²) in [5, 5.41) is 0. The van der Waals surface area contributed by atoms with Crippen LogP contribution in [0.15, 0.2) is 0 Å². The van der Waals surface area contributed by atoms with Crippen LogP contribution in [0.4, 0.5) is 0 Å². The predicted octanol–water partition coefficient (Wildman–Crippen LogP) is 5.38. The van der Waals surface area contributed by atoms with Crippen LogP contribution in [-0.4, -0.2) is 149 Å². The van der Waals surface area contributed by atoms with Crippen LogP contribution in [0.3, 0.4) is 0 Å². The van der Waals surface area contributed by atoms with Crippen LogP contribution in [0.5, 0.6) is 0 Å². The fourth-order valence-corrected chi connectivity index (χ4v) is 12.7. The first-order chi connectivity index (χ1) is 28.6. The van der Waals surface area contributed by atoms with Gasteiger partial charge in [-0.15, -0.1) is 0 Å². The Hall–Kier alpha value is -0.560. The van der Waals surface area contributed by atoms with Crippen molar-refractivity contribution in [3.05, 3.63) is 0 Å². The van der Waals surface area contributed by atoms with E-state index in [-0.39, 0.29) is 48.8 Å². The van der Waals surface area contributed by atoms with E-state index in [1.807, 2.05) is 0 Å². The zero-order valence-electron chi connectivity index (χ0n) is 34.4. The molecule has 0 aromatic rings. The summed E-state index contributed by atoms with van der Waals surface area (Å²) in [6.45, 7) is 2.99. The maximum Gasteiger partial charge on any atom is 0.169 e. The molecule has 328 valence electrons. The molecule has 11 rings (SSSR count). The first kappa shape index (κ1) is 40.2. The fourth-order valence-electron chi connectivity index (χ4n) is 12.7. The molecule has 0 aromatic carbocycles. The van der Waals surface area contributed by atoms with Crippen LogP contribution >= 0.6 is 0 Å². The molecule has 14 heteroatoms. The van der Waals surface area contributed by atoms with E-state index in [9.17, 15) is 0 Å². The minimum Gasteiger partial charge on any atom is -0.377 e. The second-order valence-electron chi connectivity index (χ2n) is 19.1. The molecule has 12 atom stereocenters. The highest BCUT2D eigenvalue weighted by molar-refractivity contribution is 5.12. The standard InChI is InChI=1S/C44H68O14/c1-5-13-41(14-6-1)51-33-29-30(34-38(37(33)55-41)56-42(52-34)15-7-2-8-16-42)48-26-22-46-24-28-50-32-31(49-27-23-45-21-25-47-29)35-39(57-43(53-35)17-9-3-10-18-43)40-36(32)54-44(58-40)19-11-4-12-20-44/h29-40H,1-28H2/t29-,30+,31+,32-,33-,34-,35-,36-,37-,38-,39-,40-/m0/s1. The van der Waals surface area contributed by atoms with Crippen molar-refractivity contribution < 1.29 is 66.3 Å². The van der Waals surface area contributed by atoms with Crippen LogP contribution in [0, 0.1) is 0 Å². The number of hydrogen-bond acceptors (Lipinski definition) is 14. The molecule has 14 nitrogen and oxygen atoms in total. The Morgan fingerprint density at radius 3 is 0.603 bits per heavy atom. The third-order valence-corrected chi connectivity index (χ3v) is 15.3. The highest BCUT2D eigenvalue weighted by atomic mass is 16.8. The van der Waals surface area contributed by atoms with Crippen molar-refractivity contribution in [1.82, 2.24) is 0 Å². The monoisotopic (exact) mass is 820 g/mol. The Morgan fingerprint density at radius 1 is 0.207 bits per heavy atom. The molecular formula is C44H68O14. The summed E-state index contributed by atoms with van der Waals surface area (Å²) in [4.78, 5) is 0. The van der Waals surface area contributed by atoms with E-state index in [0.717, 1.165) is 103 Å². The fraction of sp³-hybridized carbons (Fsp3) is 1.00. The predicted molar refractivity (Wildman–Crippen MR) is 203 cm³/mol. The Morgan fingerprint density at radius 2 is 0.397 bits per heavy atom. The van der Waals surface area contributed by atoms with Gasteiger partial charge in [0.05, 0.1) is 52.9 Å². The molecule has 0 radical (unpaired) electrons. The average Bonchev–Trinajstić information content (AvgIpc) is 4.00. The van der Waals surface area contributed by atoms with Gasteiger partial charge in [-0.2, -0.15) is 0 Å². The summed E-state index contributed by atoms with van der Waals surface area (Å²) in [6, 6.07) is 0. The van der Waals surface area contributed by atoms with Crippen molar-refractivity contribution in [2.45, 2.75) is 225 Å². The third kappa shape index (κ3) is 7.56. The van der Waals surface area contributed by atoms with E-state index in [1.54, 1.807) is 0 Å². The van der Waals surface area contributed by atoms with Gasteiger partial charge in [0.1, 0.15) is 73.2 Å². The Labute approximate surface area is 343 Å². The van der Waals surface area contributed by atoms with Gasteiger partial charge in [0, 0.05) is 51.4 Å². The van der Waals surface area contributed by atoms with E-state index in [1.165, 1.54) is 25.7 Å². The van der Waals surface area contributed by atoms with Gasteiger partial charge >= 0.3 is 0 Å². The molecule has 4 spiro atoms. The quantitative estimate of drug-likeness (QED) is 0.310. The number of fused-ring (bicyclic) bond motifs is 12. The van der Waals surface area contributed by atoms with Crippen LogP contribution in [-0.2, 0) is 66.3 Å². The molecule has 6 saturated carbocycles. The molecule has 6 aliphatic carbocycles. The average molecular weight is 821 g/mol. The summed E-state index contributed by atoms with van der Waals surface area (Å²) in [7, 11) is 0. The second kappa shape index (κ2) is 16.9. The topological polar surface area (TPSA) is 129 Å². The molecule has 5 saturated heterocycles. The van der Waals surface area contributed by atoms with Gasteiger partial charge in [-0.05, 0) is 51.4 Å². The van der Waals surface area contributed by atoms with Gasteiger partial charge in [0.15, 0.2) is 23.1 Å². The van der Waals surface area contributed by atoms with Crippen LogP contribution in [0.2, 0.25) is 0 Å². The van der Waals surface area contributed by atoms with Crippen LogP contribution < -0.4 is 0 Å². The van der Waals surface area contributed by atoms with Gasteiger partial charge < -0.3 is 66.3 Å². The lowest BCUT2D eigenvalue weighted by molar-refractivity contribution is -0.235. The zero-order valence-corrected chi connectivity index (χ0v) is 34.4. The smallest absolute Gasteiger partial charge is 0.169 e. The molecule has 0 amide bonds. The molecule has 0 unspecified atom stereocenters. The maximum absolute atomic E-state index is 6.96. The molecule has 5 aliphatic heterocycles. The van der Waals surface area contributed by atoms with Crippen molar-refractivity contribution in [2.75, 3.05) is 52.9 Å². The lowest BCUT2D eigenvalue weighted by atomic mass is 9.84. The van der Waals surface area contributed by atoms with Crippen molar-refractivity contribution >= 4 is 0 Å². The molecule has 11 aliphatic rings. The van der Waals surface area contributed by atoms with E-state index in [4.69, 9.17) is 66.3 Å². The molecule has 58 heavy (non-hydrogen) atoms. The first-order valence-corrected chi connectivity index (χ1v) is 23.6. The van der Waals surface area contributed by atoms with Crippen molar-refractivity contribution in [2.24, 2.45) is 0 Å². The SMILES string of the molecule is C1CCC2(CC1)O[C@@H]1[C@H]3OC4(CCCCC4)O[C@H]3[C@H]3OCCOCCO[C@@H]4[C@H](OCCOCCO[C@H]3[C@@H]1O2)[C@@H]1OC2(CCCCC2)O[C@@H]1[C@H]1OC2(CCCCC2)O[C@@H]41. The highest BCUT2D eigenvalue weighted by Gasteiger charge is 2.69. The van der Waals surface area contributed by atoms with Crippen LogP contribution in [0.25, 0.3) is 0 Å². The molecule has 0 bridgehead atoms. The van der Waals surface area contributed by atoms with Gasteiger partial charge in [-0.25, -0.2) is 0 Å². The largest absolute Gasteiger partial charge is 0.377 e. The summed E-state index contributed by atoms with van der Waals surface area (Å²) in [6.07, 6.45) is 16.3. The van der Waals surface area contributed by atoms with E-state index in [2.05, 4.69) is 0 Å². The molecule has 11 fully saturated rings. The van der Waals surface area contributed by atoms with Gasteiger partial charge in [0.2, 0.25) is 0 Å². The minimum atomic E-state index is -0.613. The number of ether oxygens (including phenoxy) is 14. The zero-order chi connectivity index (χ0) is 38.6. The van der Waals surface area contributed by atoms with Gasteiger partial charge in [-0.3, -0.25) is 0 Å². The van der Waals surface area contributed by atoms with Crippen molar-refractivity contribution in [3.8, 4) is 0 Å². The Kier molecular flexibility index (Phi) is 11.7. The van der Waals surface area contributed by atoms with Crippen molar-refractivity contribution in [1.29, 1.82) is 0 Å². The summed E-state index contributed by atoms with van der Waals surface area (Å²) >= 11 is 0. The van der Waals surface area contributed by atoms with E-state index < -0.39 is 47.6 Å². The maximum atomic E-state index is 6.96. The molecule has 0 aromatic heterocycles. The summed E-state index contributed by atoms with van der Waals surface area (Å²) < 4.78 is 95.2. The first-order valence-electron chi connectivity index (χ1n) is 23.6. The van der Waals surface area contributed by atoms with Gasteiger partial charge in [-0.1, -0.05) is 25.7 Å². The summed E-state index contributed by atoms with van der Waals surface area (Å²) in [5.41, 5.74) is 0. The Bertz CT molecular complexity index is 1170. The second-order valence-corrected chi connectivity index (χ2v) is 19.1. The lowest BCUT2D eigenvalue weighted by Crippen LogP contribution is -2.63. The third-order valence-electron chi connectivity index (χ3n) is 15.3. The molecule has 5 heterocycles. The number of hydrogen-bond donors (Lipinski definition) is 0. The molecule has 0 N–H and O–H groups in total. The normalized spacial score (nSPS) is 46.3. The molecular weight excluding hydrogens is 752 g/mol. The summed E-state index contributed by atoms with van der Waals surface area (Å²) in [5.74, 6) is -2.45. The van der Waals surface area contributed by atoms with Crippen LogP contribution in [0.1, 0.15) is 128 Å². The minimum absolute atomic E-state index is 0.293. The number of rotatable bonds is 0. The van der Waals surface area contributed by atoms with E-state index in [0.29, 0.717) is 52.9 Å². The Balaban J connectivity index is 0.809. The highest BCUT2D eigenvalue weighted by Crippen LogP contribution is 2.54. The van der Waals surface area contributed by atoms with Crippen molar-refractivity contribution in [3.63, 3.8) is 0 Å². The van der Waals surface area contributed by atoms with Gasteiger partial charge in [0.25, 0.3) is 0 Å².